The summed E-state index contributed by atoms with van der Waals surface area (Å²) >= 11 is 0. The van der Waals surface area contributed by atoms with Gasteiger partial charge in [-0.3, -0.25) is 17.6 Å². The molecule has 6 aromatic rings. The van der Waals surface area contributed by atoms with Gasteiger partial charge in [0.1, 0.15) is 0 Å². The van der Waals surface area contributed by atoms with Crippen molar-refractivity contribution in [1.29, 1.82) is 0 Å². The van der Waals surface area contributed by atoms with Gasteiger partial charge in [-0.25, -0.2) is 0 Å². The summed E-state index contributed by atoms with van der Waals surface area (Å²) in [4.78, 5) is 9.47. The van der Waals surface area contributed by atoms with E-state index in [9.17, 15) is 8.78 Å². The van der Waals surface area contributed by atoms with E-state index < -0.39 is 28.7 Å². The molecule has 0 spiro atoms. The van der Waals surface area contributed by atoms with Crippen LogP contribution in [0.2, 0.25) is 0 Å². The maximum absolute atomic E-state index is 15.7. The number of benzene rings is 4. The van der Waals surface area contributed by atoms with Crippen molar-refractivity contribution in [3.05, 3.63) is 156 Å². The van der Waals surface area contributed by atoms with Crippen LogP contribution in [0.25, 0.3) is 44.8 Å². The first-order chi connectivity index (χ1) is 20.8. The number of hydrogen-bond donors (Lipinski definition) is 0. The number of nitrogens with zero attached hydrogens (tertiary/aromatic N) is 2. The van der Waals surface area contributed by atoms with Crippen LogP contribution in [-0.4, -0.2) is 9.97 Å². The van der Waals surface area contributed by atoms with Crippen LogP contribution < -0.4 is 0 Å². The van der Waals surface area contributed by atoms with Crippen LogP contribution in [0.15, 0.2) is 109 Å². The average Bonchev–Trinajstić information content (AvgIpc) is 3.02. The van der Waals surface area contributed by atoms with Crippen LogP contribution in [0.1, 0.15) is 25.2 Å². The van der Waals surface area contributed by atoms with E-state index in [0.29, 0.717) is 22.5 Å². The molecule has 0 unspecified atom stereocenters. The topological polar surface area (TPSA) is 25.8 Å². The molecule has 0 fully saturated rings. The monoisotopic (exact) mass is 767 g/mol. The second-order valence-electron chi connectivity index (χ2n) is 10.6. The Morgan fingerprint density at radius 2 is 0.909 bits per heavy atom. The molecule has 0 saturated carbocycles. The standard InChI is InChI=1S/C37H24F4N2.Pt/c1-37(2,31-17-9-15-29(42-31)25-19-21-27(38)33(35(25)40)23-11-5-3-6-12-23)32-18-10-16-30(43-32)26-20-22-28(39)34(36(26)41)24-13-7-4-8-14-24;/h3-18,21-22H,1-2H3;/q-2;+2. The minimum absolute atomic E-state index is 0. The Kier molecular flexibility index (Phi) is 8.94. The first kappa shape index (κ1) is 31.0. The van der Waals surface area contributed by atoms with E-state index in [0.717, 1.165) is 12.1 Å². The van der Waals surface area contributed by atoms with Crippen LogP contribution in [0, 0.1) is 35.4 Å². The molecular formula is C37H24F4N2Pt. The van der Waals surface area contributed by atoms with Gasteiger partial charge in [-0.05, 0) is 59.6 Å². The number of pyridine rings is 2. The summed E-state index contributed by atoms with van der Waals surface area (Å²) in [7, 11) is 0. The summed E-state index contributed by atoms with van der Waals surface area (Å²) in [5.41, 5.74) is 1.45. The zero-order chi connectivity index (χ0) is 30.1. The zero-order valence-corrected chi connectivity index (χ0v) is 25.9. The molecule has 2 aromatic heterocycles. The van der Waals surface area contributed by atoms with Gasteiger partial charge >= 0.3 is 21.1 Å². The molecule has 7 heteroatoms. The fourth-order valence-electron chi connectivity index (χ4n) is 5.09. The molecule has 0 amide bonds. The van der Waals surface area contributed by atoms with Crippen molar-refractivity contribution in [2.24, 2.45) is 0 Å². The quantitative estimate of drug-likeness (QED) is 0.125. The van der Waals surface area contributed by atoms with Crippen LogP contribution in [-0.2, 0) is 26.5 Å². The molecule has 4 aromatic carbocycles. The van der Waals surface area contributed by atoms with Crippen LogP contribution in [0.3, 0.4) is 0 Å². The minimum atomic E-state index is -0.816. The normalized spacial score (nSPS) is 11.2. The van der Waals surface area contributed by atoms with Crippen LogP contribution in [0.5, 0.6) is 0 Å². The van der Waals surface area contributed by atoms with E-state index in [4.69, 9.17) is 9.97 Å². The maximum Gasteiger partial charge on any atom is 2.00 e. The fraction of sp³-hybridized carbons (Fsp3) is 0.0811. The van der Waals surface area contributed by atoms with Gasteiger partial charge in [-0.15, -0.1) is 24.3 Å². The van der Waals surface area contributed by atoms with Gasteiger partial charge in [0.2, 0.25) is 0 Å². The molecule has 0 aliphatic heterocycles. The predicted octanol–water partition coefficient (Wildman–Crippen LogP) is 9.62. The molecule has 44 heavy (non-hydrogen) atoms. The molecule has 0 N–H and O–H groups in total. The molecule has 220 valence electrons. The van der Waals surface area contributed by atoms with Gasteiger partial charge in [0, 0.05) is 40.1 Å². The summed E-state index contributed by atoms with van der Waals surface area (Å²) in [6, 6.07) is 34.9. The van der Waals surface area contributed by atoms with E-state index in [1.165, 1.54) is 0 Å². The van der Waals surface area contributed by atoms with Gasteiger partial charge in [0.05, 0.1) is 0 Å². The van der Waals surface area contributed by atoms with Crippen molar-refractivity contribution in [2.75, 3.05) is 0 Å². The molecule has 0 saturated heterocycles. The van der Waals surface area contributed by atoms with Crippen molar-refractivity contribution >= 4 is 0 Å². The number of rotatable bonds is 6. The fourth-order valence-corrected chi connectivity index (χ4v) is 5.09. The number of aromatic nitrogens is 2. The maximum atomic E-state index is 15.7. The second kappa shape index (κ2) is 12.7. The Balaban J connectivity index is 0.00000384. The Bertz CT molecular complexity index is 1800. The minimum Gasteiger partial charge on any atom is -0.300 e. The van der Waals surface area contributed by atoms with Crippen LogP contribution in [0.4, 0.5) is 17.6 Å². The Morgan fingerprint density at radius 1 is 0.523 bits per heavy atom. The Morgan fingerprint density at radius 3 is 1.30 bits per heavy atom. The molecule has 0 radical (unpaired) electrons. The smallest absolute Gasteiger partial charge is 0.300 e. The largest absolute Gasteiger partial charge is 2.00 e. The summed E-state index contributed by atoms with van der Waals surface area (Å²) in [5.74, 6) is -2.95. The van der Waals surface area contributed by atoms with E-state index in [1.807, 2.05) is 13.8 Å². The van der Waals surface area contributed by atoms with E-state index in [-0.39, 0.29) is 54.7 Å². The number of hydrogen-bond acceptors (Lipinski definition) is 2. The zero-order valence-electron chi connectivity index (χ0n) is 23.6. The van der Waals surface area contributed by atoms with Gasteiger partial charge in [-0.1, -0.05) is 96.1 Å². The van der Waals surface area contributed by atoms with Crippen molar-refractivity contribution in [1.82, 2.24) is 9.97 Å². The SMILES string of the molecule is CC(C)(c1cccc(-c2[c-]cc(F)c(-c3ccccc3)c2F)n1)c1cccc(-c2[c-]cc(F)c(-c3ccccc3)c2F)n1.[Pt+2]. The molecule has 2 nitrogen and oxygen atoms in total. The molecule has 0 bridgehead atoms. The molecule has 6 rings (SSSR count). The third kappa shape index (κ3) is 5.75. The average molecular weight is 768 g/mol. The van der Waals surface area contributed by atoms with Crippen molar-refractivity contribution in [3.8, 4) is 44.8 Å². The number of halogens is 4. The van der Waals surface area contributed by atoms with Crippen molar-refractivity contribution in [2.45, 2.75) is 19.3 Å². The Hall–Kier alpha value is -4.41. The van der Waals surface area contributed by atoms with Gasteiger partial charge in [0.15, 0.2) is 0 Å². The van der Waals surface area contributed by atoms with Crippen LogP contribution >= 0.6 is 0 Å². The van der Waals surface area contributed by atoms with Gasteiger partial charge in [-0.2, -0.15) is 0 Å². The van der Waals surface area contributed by atoms with Crippen molar-refractivity contribution in [3.63, 3.8) is 0 Å². The predicted molar refractivity (Wildman–Crippen MR) is 160 cm³/mol. The summed E-state index contributed by atoms with van der Waals surface area (Å²) in [6.07, 6.45) is 0. The van der Waals surface area contributed by atoms with Crippen molar-refractivity contribution < 1.29 is 38.6 Å². The first-order valence-corrected chi connectivity index (χ1v) is 13.6. The molecule has 2 heterocycles. The van der Waals surface area contributed by atoms with E-state index in [2.05, 4.69) is 12.1 Å². The second-order valence-corrected chi connectivity index (χ2v) is 10.6. The van der Waals surface area contributed by atoms with E-state index in [1.54, 1.807) is 97.1 Å². The summed E-state index contributed by atoms with van der Waals surface area (Å²) in [6.45, 7) is 3.79. The summed E-state index contributed by atoms with van der Waals surface area (Å²) < 4.78 is 60.9. The summed E-state index contributed by atoms with van der Waals surface area (Å²) in [5, 5.41) is 0. The molecule has 0 atom stereocenters. The third-order valence-corrected chi connectivity index (χ3v) is 7.46. The van der Waals surface area contributed by atoms with Gasteiger partial charge in [0.25, 0.3) is 0 Å². The van der Waals surface area contributed by atoms with E-state index >= 15 is 8.78 Å². The molecular weight excluding hydrogens is 743 g/mol. The van der Waals surface area contributed by atoms with Gasteiger partial charge < -0.3 is 9.97 Å². The first-order valence-electron chi connectivity index (χ1n) is 13.6. The third-order valence-electron chi connectivity index (χ3n) is 7.46. The molecule has 0 aliphatic rings. The molecule has 0 aliphatic carbocycles. The Labute approximate surface area is 267 Å².